The second kappa shape index (κ2) is 6.90. The molecule has 4 aromatic rings. The topological polar surface area (TPSA) is 99.3 Å². The number of carbonyl (C=O) groups excluding carboxylic acids is 1. The number of rotatable bonds is 3. The summed E-state index contributed by atoms with van der Waals surface area (Å²) in [5.74, 6) is -0.0871. The van der Waals surface area contributed by atoms with Gasteiger partial charge in [-0.05, 0) is 36.4 Å². The van der Waals surface area contributed by atoms with Crippen molar-refractivity contribution < 1.29 is 13.2 Å². The lowest BCUT2D eigenvalue weighted by atomic mass is 10.1. The number of H-pyrrole nitrogens is 1. The maximum atomic E-state index is 13.1. The molecule has 0 saturated carbocycles. The molecule has 0 radical (unpaired) electrons. The molecule has 0 aliphatic carbocycles. The number of piperazine rings is 1. The molecule has 1 fully saturated rings. The Labute approximate surface area is 171 Å². The first kappa shape index (κ1) is 18.2. The van der Waals surface area contributed by atoms with E-state index < -0.39 is 10.0 Å². The largest absolute Gasteiger partial charge is 0.361 e. The fourth-order valence-electron chi connectivity index (χ4n) is 3.63. The number of aromatic nitrogens is 3. The lowest BCUT2D eigenvalue weighted by Gasteiger charge is -2.34. The average Bonchev–Trinajstić information content (AvgIpc) is 3.41. The Morgan fingerprint density at radius 1 is 1.03 bits per heavy atom. The Balaban J connectivity index is 1.34. The normalized spacial score (nSPS) is 15.9. The van der Waals surface area contributed by atoms with E-state index in [0.29, 0.717) is 29.7 Å². The molecule has 0 unspecified atom stereocenters. The molecule has 0 bridgehead atoms. The Kier molecular flexibility index (Phi) is 4.34. The van der Waals surface area contributed by atoms with Crippen molar-refractivity contribution in [3.63, 3.8) is 0 Å². The Hall–Kier alpha value is -2.82. The number of amides is 1. The molecule has 2 aromatic carbocycles. The molecule has 29 heavy (non-hydrogen) atoms. The number of fused-ring (bicyclic) bond motifs is 2. The average molecular weight is 428 g/mol. The molecule has 0 spiro atoms. The molecule has 10 heteroatoms. The van der Waals surface area contributed by atoms with Crippen molar-refractivity contribution in [1.82, 2.24) is 22.9 Å². The van der Waals surface area contributed by atoms with Gasteiger partial charge in [-0.25, -0.2) is 8.42 Å². The van der Waals surface area contributed by atoms with Gasteiger partial charge >= 0.3 is 0 Å². The molecule has 2 aromatic heterocycles. The fraction of sp³-hybridized carbons (Fsp3) is 0.211. The highest BCUT2D eigenvalue weighted by molar-refractivity contribution is 7.89. The highest BCUT2D eigenvalue weighted by atomic mass is 32.2. The molecular formula is C19H17N5O3S2. The molecule has 148 valence electrons. The zero-order chi connectivity index (χ0) is 20.0. The molecule has 1 amide bonds. The van der Waals surface area contributed by atoms with E-state index >= 15 is 0 Å². The number of nitrogens with one attached hydrogen (secondary N) is 1. The summed E-state index contributed by atoms with van der Waals surface area (Å²) in [6, 6.07) is 12.4. The molecule has 3 heterocycles. The number of hydrogen-bond acceptors (Lipinski definition) is 6. The minimum absolute atomic E-state index is 0.0871. The third-order valence-electron chi connectivity index (χ3n) is 5.19. The zero-order valence-corrected chi connectivity index (χ0v) is 16.9. The standard InChI is InChI=1S/C19H17N5O3S2/c25-19(14-4-5-15-13(12-14)6-7-20-15)23-8-10-24(11-9-23)29(26,27)17-3-1-2-16-18(17)22-28-21-16/h1-7,12,20H,8-11H2. The minimum atomic E-state index is -3.70. The van der Waals surface area contributed by atoms with Gasteiger partial charge in [-0.2, -0.15) is 13.1 Å². The first-order valence-electron chi connectivity index (χ1n) is 9.12. The summed E-state index contributed by atoms with van der Waals surface area (Å²) in [5, 5.41) is 0.974. The van der Waals surface area contributed by atoms with E-state index in [1.165, 1.54) is 4.31 Å². The maximum absolute atomic E-state index is 13.1. The highest BCUT2D eigenvalue weighted by Crippen LogP contribution is 2.25. The Morgan fingerprint density at radius 2 is 1.86 bits per heavy atom. The third-order valence-corrected chi connectivity index (χ3v) is 7.67. The summed E-state index contributed by atoms with van der Waals surface area (Å²) < 4.78 is 35.9. The minimum Gasteiger partial charge on any atom is -0.361 e. The molecule has 1 aliphatic rings. The summed E-state index contributed by atoms with van der Waals surface area (Å²) in [4.78, 5) is 17.8. The van der Waals surface area contributed by atoms with Gasteiger partial charge in [-0.1, -0.05) is 6.07 Å². The molecule has 5 rings (SSSR count). The van der Waals surface area contributed by atoms with Crippen LogP contribution in [0.1, 0.15) is 10.4 Å². The van der Waals surface area contributed by atoms with E-state index in [9.17, 15) is 13.2 Å². The summed E-state index contributed by atoms with van der Waals surface area (Å²) >= 11 is 0.995. The molecule has 1 N–H and O–H groups in total. The van der Waals surface area contributed by atoms with Crippen molar-refractivity contribution in [3.8, 4) is 0 Å². The number of nitrogens with zero attached hydrogens (tertiary/aromatic N) is 4. The lowest BCUT2D eigenvalue weighted by molar-refractivity contribution is 0.0698. The van der Waals surface area contributed by atoms with E-state index in [1.807, 2.05) is 24.4 Å². The first-order chi connectivity index (χ1) is 14.0. The van der Waals surface area contributed by atoms with Gasteiger partial charge in [0.2, 0.25) is 10.0 Å². The number of aromatic amines is 1. The fourth-order valence-corrected chi connectivity index (χ4v) is 5.80. The number of hydrogen-bond donors (Lipinski definition) is 1. The van der Waals surface area contributed by atoms with Crippen LogP contribution in [-0.2, 0) is 10.0 Å². The van der Waals surface area contributed by atoms with E-state index in [-0.39, 0.29) is 23.9 Å². The SMILES string of the molecule is O=C(c1ccc2[nH]ccc2c1)N1CCN(S(=O)(=O)c2cccc3nsnc23)CC1. The lowest BCUT2D eigenvalue weighted by Crippen LogP contribution is -2.50. The van der Waals surface area contributed by atoms with Gasteiger partial charge in [-0.15, -0.1) is 0 Å². The molecule has 1 aliphatic heterocycles. The van der Waals surface area contributed by atoms with Gasteiger partial charge in [0.15, 0.2) is 0 Å². The van der Waals surface area contributed by atoms with Crippen LogP contribution < -0.4 is 0 Å². The van der Waals surface area contributed by atoms with Crippen molar-refractivity contribution in [3.05, 3.63) is 54.2 Å². The number of benzene rings is 2. The maximum Gasteiger partial charge on any atom is 0.253 e. The van der Waals surface area contributed by atoms with E-state index in [0.717, 1.165) is 22.6 Å². The quantitative estimate of drug-likeness (QED) is 0.541. The second-order valence-electron chi connectivity index (χ2n) is 6.86. The van der Waals surface area contributed by atoms with Gasteiger partial charge in [0, 0.05) is 48.8 Å². The van der Waals surface area contributed by atoms with Crippen LogP contribution in [0.4, 0.5) is 0 Å². The van der Waals surface area contributed by atoms with Crippen LogP contribution in [0.3, 0.4) is 0 Å². The van der Waals surface area contributed by atoms with Crippen LogP contribution in [0.15, 0.2) is 53.6 Å². The van der Waals surface area contributed by atoms with Crippen LogP contribution in [0, 0.1) is 0 Å². The predicted molar refractivity (Wildman–Crippen MR) is 110 cm³/mol. The summed E-state index contributed by atoms with van der Waals surface area (Å²) in [7, 11) is -3.70. The van der Waals surface area contributed by atoms with Crippen LogP contribution >= 0.6 is 11.7 Å². The van der Waals surface area contributed by atoms with Crippen molar-refractivity contribution >= 4 is 49.6 Å². The molecule has 8 nitrogen and oxygen atoms in total. The Bertz CT molecular complexity index is 1320. The molecule has 0 atom stereocenters. The van der Waals surface area contributed by atoms with Crippen molar-refractivity contribution in [2.24, 2.45) is 0 Å². The first-order valence-corrected chi connectivity index (χ1v) is 11.3. The highest BCUT2D eigenvalue weighted by Gasteiger charge is 2.32. The smallest absolute Gasteiger partial charge is 0.253 e. The second-order valence-corrected chi connectivity index (χ2v) is 9.30. The molecular weight excluding hydrogens is 410 g/mol. The summed E-state index contributed by atoms with van der Waals surface area (Å²) in [5.41, 5.74) is 2.55. The van der Waals surface area contributed by atoms with Gasteiger partial charge in [0.25, 0.3) is 5.91 Å². The van der Waals surface area contributed by atoms with Crippen LogP contribution in [0.2, 0.25) is 0 Å². The van der Waals surface area contributed by atoms with Crippen LogP contribution in [-0.4, -0.2) is 63.4 Å². The van der Waals surface area contributed by atoms with Gasteiger partial charge in [0.1, 0.15) is 15.9 Å². The number of sulfonamides is 1. The van der Waals surface area contributed by atoms with Crippen LogP contribution in [0.25, 0.3) is 21.9 Å². The van der Waals surface area contributed by atoms with E-state index in [1.54, 1.807) is 29.2 Å². The predicted octanol–water partition coefficient (Wildman–Crippen LogP) is 2.32. The van der Waals surface area contributed by atoms with E-state index in [2.05, 4.69) is 13.7 Å². The van der Waals surface area contributed by atoms with Crippen molar-refractivity contribution in [1.29, 1.82) is 0 Å². The molecule has 1 saturated heterocycles. The number of carbonyl (C=O) groups is 1. The van der Waals surface area contributed by atoms with Crippen molar-refractivity contribution in [2.45, 2.75) is 4.90 Å². The zero-order valence-electron chi connectivity index (χ0n) is 15.3. The van der Waals surface area contributed by atoms with Crippen molar-refractivity contribution in [2.75, 3.05) is 26.2 Å². The van der Waals surface area contributed by atoms with E-state index in [4.69, 9.17) is 0 Å². The summed E-state index contributed by atoms with van der Waals surface area (Å²) in [6.45, 7) is 1.17. The third kappa shape index (κ3) is 3.09. The van der Waals surface area contributed by atoms with Gasteiger partial charge in [0.05, 0.1) is 11.7 Å². The summed E-state index contributed by atoms with van der Waals surface area (Å²) in [6.07, 6.45) is 1.83. The van der Waals surface area contributed by atoms with Gasteiger partial charge in [-0.3, -0.25) is 4.79 Å². The van der Waals surface area contributed by atoms with Gasteiger partial charge < -0.3 is 9.88 Å². The monoisotopic (exact) mass is 427 g/mol. The van der Waals surface area contributed by atoms with Crippen LogP contribution in [0.5, 0.6) is 0 Å². The Morgan fingerprint density at radius 3 is 2.69 bits per heavy atom.